The van der Waals surface area contributed by atoms with Crippen LogP contribution >= 0.6 is 12.6 Å². The molecule has 20 heavy (non-hydrogen) atoms. The Balaban J connectivity index is 2.62. The zero-order valence-corrected chi connectivity index (χ0v) is 12.7. The second-order valence-electron chi connectivity index (χ2n) is 4.84. The smallest absolute Gasteiger partial charge is 0.345 e. The summed E-state index contributed by atoms with van der Waals surface area (Å²) in [7, 11) is 0. The van der Waals surface area contributed by atoms with Crippen molar-refractivity contribution in [3.63, 3.8) is 0 Å². The fraction of sp³-hybridized carbons (Fsp3) is 0.500. The highest BCUT2D eigenvalue weighted by Gasteiger charge is 2.26. The van der Waals surface area contributed by atoms with Crippen molar-refractivity contribution < 1.29 is 9.53 Å². The largest absolute Gasteiger partial charge is 0.462 e. The molecule has 0 aromatic carbocycles. The van der Waals surface area contributed by atoms with Gasteiger partial charge in [0.15, 0.2) is 0 Å². The third kappa shape index (κ3) is 2.52. The number of thiol groups is 1. The average Bonchev–Trinajstić information content (AvgIpc) is 2.38. The Morgan fingerprint density at radius 2 is 2.30 bits per heavy atom. The van der Waals surface area contributed by atoms with Crippen molar-refractivity contribution in [2.45, 2.75) is 39.7 Å². The summed E-state index contributed by atoms with van der Waals surface area (Å²) in [4.78, 5) is 29.4. The van der Waals surface area contributed by atoms with Crippen LogP contribution < -0.4 is 5.56 Å². The second-order valence-corrected chi connectivity index (χ2v) is 5.51. The first-order chi connectivity index (χ1) is 9.47. The molecule has 6 heteroatoms. The van der Waals surface area contributed by atoms with Crippen molar-refractivity contribution >= 4 is 24.2 Å². The van der Waals surface area contributed by atoms with E-state index in [2.05, 4.69) is 17.6 Å². The van der Waals surface area contributed by atoms with Crippen LogP contribution in [-0.2, 0) is 4.74 Å². The molecule has 1 unspecified atom stereocenters. The number of carbonyl (C=O) groups is 1. The lowest BCUT2D eigenvalue weighted by Gasteiger charge is -2.26. The lowest BCUT2D eigenvalue weighted by Crippen LogP contribution is -2.34. The fourth-order valence-corrected chi connectivity index (χ4v) is 2.60. The Bertz CT molecular complexity index is 630. The van der Waals surface area contributed by atoms with E-state index in [1.807, 2.05) is 13.8 Å². The van der Waals surface area contributed by atoms with Crippen molar-refractivity contribution in [3.8, 4) is 0 Å². The number of hydrogen-bond donors (Lipinski definition) is 1. The Kier molecular flexibility index (Phi) is 4.32. The van der Waals surface area contributed by atoms with Crippen LogP contribution in [0, 0.1) is 0 Å². The molecule has 1 atom stereocenters. The number of fused-ring (bicyclic) bond motifs is 1. The van der Waals surface area contributed by atoms with Gasteiger partial charge in [0.25, 0.3) is 5.56 Å². The number of ether oxygens (including phenoxy) is 1. The summed E-state index contributed by atoms with van der Waals surface area (Å²) < 4.78 is 6.46. The lowest BCUT2D eigenvalue weighted by atomic mass is 9.99. The molecule has 5 nitrogen and oxygen atoms in total. The molecule has 0 saturated carbocycles. The predicted octanol–water partition coefficient (Wildman–Crippen LogP) is 2.44. The second kappa shape index (κ2) is 5.83. The van der Waals surface area contributed by atoms with Crippen molar-refractivity contribution in [3.05, 3.63) is 32.8 Å². The highest BCUT2D eigenvalue weighted by molar-refractivity contribution is 7.84. The zero-order valence-electron chi connectivity index (χ0n) is 11.8. The van der Waals surface area contributed by atoms with E-state index < -0.39 is 5.97 Å². The van der Waals surface area contributed by atoms with Gasteiger partial charge in [0.1, 0.15) is 11.4 Å². The number of rotatable bonds is 2. The third-order valence-corrected chi connectivity index (χ3v) is 3.72. The summed E-state index contributed by atoms with van der Waals surface area (Å²) in [5, 5.41) is 0. The highest BCUT2D eigenvalue weighted by atomic mass is 32.1. The number of nitrogens with zero attached hydrogens (tertiary/aromatic N) is 2. The van der Waals surface area contributed by atoms with E-state index in [1.54, 1.807) is 11.5 Å². The van der Waals surface area contributed by atoms with E-state index in [9.17, 15) is 9.59 Å². The zero-order chi connectivity index (χ0) is 14.9. The van der Waals surface area contributed by atoms with Crippen molar-refractivity contribution in [2.24, 2.45) is 0 Å². The molecule has 1 aliphatic heterocycles. The Morgan fingerprint density at radius 3 is 2.90 bits per heavy atom. The van der Waals surface area contributed by atoms with E-state index in [0.717, 1.165) is 23.3 Å². The first-order valence-corrected chi connectivity index (χ1v) is 7.09. The van der Waals surface area contributed by atoms with Gasteiger partial charge in [-0.3, -0.25) is 9.36 Å². The molecule has 0 N–H and O–H groups in total. The number of hydrogen-bond acceptors (Lipinski definition) is 5. The van der Waals surface area contributed by atoms with Gasteiger partial charge in [-0.1, -0.05) is 0 Å². The Morgan fingerprint density at radius 1 is 1.60 bits per heavy atom. The van der Waals surface area contributed by atoms with Crippen LogP contribution in [0.5, 0.6) is 0 Å². The Labute approximate surface area is 123 Å². The quantitative estimate of drug-likeness (QED) is 0.672. The summed E-state index contributed by atoms with van der Waals surface area (Å²) in [6, 6.07) is 0.0100. The first-order valence-electron chi connectivity index (χ1n) is 6.65. The van der Waals surface area contributed by atoms with Gasteiger partial charge in [0, 0.05) is 17.8 Å². The molecular formula is C14H18N2O3S. The van der Waals surface area contributed by atoms with E-state index in [1.165, 1.54) is 6.20 Å². The molecule has 108 valence electrons. The minimum Gasteiger partial charge on any atom is -0.462 e. The van der Waals surface area contributed by atoms with Gasteiger partial charge in [-0.2, -0.15) is 0 Å². The number of allylic oxidation sites excluding steroid dienone is 2. The summed E-state index contributed by atoms with van der Waals surface area (Å²) in [5.41, 5.74) is 0.604. The standard InChI is InChI=1S/C14H18N2O3S/c1-4-19-14(18)11-7-15-12-10(9(3)20)6-5-8(2)16(12)13(11)17/h7-8,20H,4-6H2,1-3H3. The van der Waals surface area contributed by atoms with Crippen LogP contribution in [0.3, 0.4) is 0 Å². The number of carbonyl (C=O) groups excluding carboxylic acids is 1. The number of aromatic nitrogens is 2. The van der Waals surface area contributed by atoms with Crippen molar-refractivity contribution in [1.29, 1.82) is 0 Å². The van der Waals surface area contributed by atoms with E-state index in [0.29, 0.717) is 5.82 Å². The van der Waals surface area contributed by atoms with Gasteiger partial charge in [-0.05, 0) is 38.5 Å². The van der Waals surface area contributed by atoms with Gasteiger partial charge in [-0.25, -0.2) is 9.78 Å². The topological polar surface area (TPSA) is 61.2 Å². The van der Waals surface area contributed by atoms with Gasteiger partial charge in [0.05, 0.1) is 6.61 Å². The molecule has 0 radical (unpaired) electrons. The monoisotopic (exact) mass is 294 g/mol. The normalized spacial score (nSPS) is 20.3. The minimum atomic E-state index is -0.619. The van der Waals surface area contributed by atoms with Crippen LogP contribution in [0.4, 0.5) is 0 Å². The predicted molar refractivity (Wildman–Crippen MR) is 80.0 cm³/mol. The lowest BCUT2D eigenvalue weighted by molar-refractivity contribution is 0.0522. The van der Waals surface area contributed by atoms with Crippen molar-refractivity contribution in [1.82, 2.24) is 9.55 Å². The molecule has 0 aliphatic carbocycles. The molecule has 0 fully saturated rings. The van der Waals surface area contributed by atoms with E-state index >= 15 is 0 Å². The van der Waals surface area contributed by atoms with Crippen LogP contribution in [0.25, 0.3) is 5.57 Å². The SMILES string of the molecule is CCOC(=O)c1cnc2n(c1=O)C(C)CCC2=C(C)S. The summed E-state index contributed by atoms with van der Waals surface area (Å²) in [5.74, 6) is -0.0134. The molecule has 0 saturated heterocycles. The molecule has 0 spiro atoms. The minimum absolute atomic E-state index is 0.0100. The van der Waals surface area contributed by atoms with Gasteiger partial charge >= 0.3 is 5.97 Å². The molecular weight excluding hydrogens is 276 g/mol. The molecule has 2 heterocycles. The maximum absolute atomic E-state index is 12.5. The summed E-state index contributed by atoms with van der Waals surface area (Å²) in [6.45, 7) is 5.77. The van der Waals surface area contributed by atoms with Gasteiger partial charge in [-0.15, -0.1) is 12.6 Å². The van der Waals surface area contributed by atoms with Crippen LogP contribution in [0.1, 0.15) is 55.8 Å². The fourth-order valence-electron chi connectivity index (χ4n) is 2.39. The molecule has 1 aliphatic rings. The number of esters is 1. The summed E-state index contributed by atoms with van der Waals surface area (Å²) in [6.07, 6.45) is 2.97. The van der Waals surface area contributed by atoms with Gasteiger partial charge < -0.3 is 4.74 Å². The van der Waals surface area contributed by atoms with Crippen molar-refractivity contribution in [2.75, 3.05) is 6.61 Å². The van der Waals surface area contributed by atoms with Crippen LogP contribution in [0.15, 0.2) is 15.9 Å². The molecule has 0 amide bonds. The van der Waals surface area contributed by atoms with Crippen LogP contribution in [-0.4, -0.2) is 22.1 Å². The maximum Gasteiger partial charge on any atom is 0.345 e. The van der Waals surface area contributed by atoms with E-state index in [-0.39, 0.29) is 23.8 Å². The highest BCUT2D eigenvalue weighted by Crippen LogP contribution is 2.32. The Hall–Kier alpha value is -1.56. The molecule has 1 aromatic rings. The summed E-state index contributed by atoms with van der Waals surface area (Å²) >= 11 is 4.36. The molecule has 2 rings (SSSR count). The average molecular weight is 294 g/mol. The van der Waals surface area contributed by atoms with E-state index in [4.69, 9.17) is 4.74 Å². The van der Waals surface area contributed by atoms with Crippen LogP contribution in [0.2, 0.25) is 0 Å². The molecule has 0 bridgehead atoms. The third-order valence-electron chi connectivity index (χ3n) is 3.45. The molecule has 1 aromatic heterocycles. The van der Waals surface area contributed by atoms with Gasteiger partial charge in [0.2, 0.25) is 0 Å². The maximum atomic E-state index is 12.5. The first kappa shape index (κ1) is 14.8.